The molecule has 0 N–H and O–H groups in total. The fraction of sp³-hybridized carbons (Fsp3) is 0.381. The van der Waals surface area contributed by atoms with E-state index in [0.717, 1.165) is 5.75 Å². The molecule has 4 rings (SSSR count). The van der Waals surface area contributed by atoms with Crippen molar-refractivity contribution >= 4 is 11.4 Å². The molecule has 24 heavy (non-hydrogen) atoms. The number of rotatable bonds is 3. The van der Waals surface area contributed by atoms with Gasteiger partial charge in [0.15, 0.2) is 0 Å². The van der Waals surface area contributed by atoms with Crippen molar-refractivity contribution in [3.8, 4) is 5.75 Å². The molecule has 2 atom stereocenters. The average Bonchev–Trinajstić information content (AvgIpc) is 2.84. The van der Waals surface area contributed by atoms with Gasteiger partial charge in [0.1, 0.15) is 5.75 Å². The first-order valence-electron chi connectivity index (χ1n) is 8.94. The van der Waals surface area contributed by atoms with E-state index in [4.69, 9.17) is 9.84 Å². The van der Waals surface area contributed by atoms with E-state index in [2.05, 4.69) is 47.5 Å². The Morgan fingerprint density at radius 3 is 2.42 bits per heavy atom. The SMILES string of the molecule is COc1ccc(C2=NN(c3ccccc3)C3CCCCCC23)cc1. The summed E-state index contributed by atoms with van der Waals surface area (Å²) in [5.41, 5.74) is 3.68. The summed E-state index contributed by atoms with van der Waals surface area (Å²) in [6, 6.07) is 19.5. The molecule has 1 fully saturated rings. The molecule has 124 valence electrons. The van der Waals surface area contributed by atoms with Crippen LogP contribution in [0, 0.1) is 5.92 Å². The quantitative estimate of drug-likeness (QED) is 0.806. The standard InChI is InChI=1S/C21H24N2O/c1-24-18-14-12-16(13-15-18)21-19-10-6-3-7-11-20(19)23(22-21)17-8-4-2-5-9-17/h2,4-5,8-9,12-15,19-20H,3,6-7,10-11H2,1H3. The van der Waals surface area contributed by atoms with E-state index in [0.29, 0.717) is 12.0 Å². The molecular formula is C21H24N2O. The molecule has 3 heteroatoms. The molecule has 2 aliphatic rings. The zero-order chi connectivity index (χ0) is 16.4. The van der Waals surface area contributed by atoms with Crippen LogP contribution in [0.5, 0.6) is 5.75 Å². The second kappa shape index (κ2) is 6.68. The van der Waals surface area contributed by atoms with Crippen molar-refractivity contribution in [2.75, 3.05) is 12.1 Å². The predicted octanol–water partition coefficient (Wildman–Crippen LogP) is 4.87. The maximum atomic E-state index is 5.30. The molecule has 0 amide bonds. The summed E-state index contributed by atoms with van der Waals surface area (Å²) in [4.78, 5) is 0. The highest BCUT2D eigenvalue weighted by atomic mass is 16.5. The minimum absolute atomic E-state index is 0.493. The van der Waals surface area contributed by atoms with Crippen molar-refractivity contribution in [2.24, 2.45) is 11.0 Å². The Hall–Kier alpha value is -2.29. The number of anilines is 1. The van der Waals surface area contributed by atoms with E-state index >= 15 is 0 Å². The van der Waals surface area contributed by atoms with E-state index < -0.39 is 0 Å². The van der Waals surface area contributed by atoms with Crippen molar-refractivity contribution in [1.82, 2.24) is 0 Å². The molecular weight excluding hydrogens is 296 g/mol. The Kier molecular flexibility index (Phi) is 4.24. The first-order chi connectivity index (χ1) is 11.9. The van der Waals surface area contributed by atoms with E-state index in [-0.39, 0.29) is 0 Å². The first-order valence-corrected chi connectivity index (χ1v) is 8.94. The fourth-order valence-electron chi connectivity index (χ4n) is 4.03. The molecule has 1 heterocycles. The van der Waals surface area contributed by atoms with Gasteiger partial charge in [0.05, 0.1) is 24.6 Å². The Morgan fingerprint density at radius 1 is 0.917 bits per heavy atom. The number of para-hydroxylation sites is 1. The van der Waals surface area contributed by atoms with Crippen LogP contribution in [0.25, 0.3) is 0 Å². The van der Waals surface area contributed by atoms with Gasteiger partial charge in [-0.05, 0) is 54.8 Å². The van der Waals surface area contributed by atoms with Crippen molar-refractivity contribution in [3.63, 3.8) is 0 Å². The molecule has 2 aromatic rings. The Balaban J connectivity index is 1.72. The monoisotopic (exact) mass is 320 g/mol. The zero-order valence-electron chi connectivity index (χ0n) is 14.2. The second-order valence-corrected chi connectivity index (χ2v) is 6.71. The molecule has 0 radical (unpaired) electrons. The highest BCUT2D eigenvalue weighted by molar-refractivity contribution is 6.05. The number of ether oxygens (including phenoxy) is 1. The topological polar surface area (TPSA) is 24.8 Å². The van der Waals surface area contributed by atoms with Crippen LogP contribution < -0.4 is 9.75 Å². The molecule has 2 aromatic carbocycles. The van der Waals surface area contributed by atoms with Crippen LogP contribution in [0.15, 0.2) is 59.7 Å². The van der Waals surface area contributed by atoms with Crippen molar-refractivity contribution in [1.29, 1.82) is 0 Å². The largest absolute Gasteiger partial charge is 0.497 e. The lowest BCUT2D eigenvalue weighted by Crippen LogP contribution is -2.32. The highest BCUT2D eigenvalue weighted by Gasteiger charge is 2.38. The molecule has 1 saturated carbocycles. The van der Waals surface area contributed by atoms with Gasteiger partial charge in [0, 0.05) is 5.92 Å². The van der Waals surface area contributed by atoms with Gasteiger partial charge >= 0.3 is 0 Å². The summed E-state index contributed by atoms with van der Waals surface area (Å²) in [6.45, 7) is 0. The minimum Gasteiger partial charge on any atom is -0.497 e. The summed E-state index contributed by atoms with van der Waals surface area (Å²) in [7, 11) is 1.71. The number of nitrogens with zero attached hydrogens (tertiary/aromatic N) is 2. The predicted molar refractivity (Wildman–Crippen MR) is 98.8 cm³/mol. The van der Waals surface area contributed by atoms with Gasteiger partial charge < -0.3 is 4.74 Å². The first kappa shape index (κ1) is 15.3. The Morgan fingerprint density at radius 2 is 1.67 bits per heavy atom. The normalized spacial score (nSPS) is 23.4. The summed E-state index contributed by atoms with van der Waals surface area (Å²) >= 11 is 0. The lowest BCUT2D eigenvalue weighted by molar-refractivity contribution is 0.415. The summed E-state index contributed by atoms with van der Waals surface area (Å²) < 4.78 is 5.30. The zero-order valence-corrected chi connectivity index (χ0v) is 14.2. The van der Waals surface area contributed by atoms with Crippen LogP contribution in [0.1, 0.15) is 37.7 Å². The molecule has 3 nitrogen and oxygen atoms in total. The third-order valence-electron chi connectivity index (χ3n) is 5.27. The molecule has 2 unspecified atom stereocenters. The fourth-order valence-corrected chi connectivity index (χ4v) is 4.03. The maximum absolute atomic E-state index is 5.30. The van der Waals surface area contributed by atoms with Gasteiger partial charge in [-0.15, -0.1) is 0 Å². The number of hydrogen-bond donors (Lipinski definition) is 0. The van der Waals surface area contributed by atoms with E-state index in [1.54, 1.807) is 7.11 Å². The van der Waals surface area contributed by atoms with Crippen LogP contribution >= 0.6 is 0 Å². The summed E-state index contributed by atoms with van der Waals surface area (Å²) in [5, 5.41) is 7.35. The van der Waals surface area contributed by atoms with E-state index in [1.807, 2.05) is 12.1 Å². The van der Waals surface area contributed by atoms with Gasteiger partial charge in [0.2, 0.25) is 0 Å². The van der Waals surface area contributed by atoms with Crippen LogP contribution in [-0.4, -0.2) is 18.9 Å². The van der Waals surface area contributed by atoms with Crippen molar-refractivity contribution in [3.05, 3.63) is 60.2 Å². The number of hydrogen-bond acceptors (Lipinski definition) is 3. The van der Waals surface area contributed by atoms with Crippen molar-refractivity contribution < 1.29 is 4.74 Å². The summed E-state index contributed by atoms with van der Waals surface area (Å²) in [5.74, 6) is 1.43. The van der Waals surface area contributed by atoms with Crippen LogP contribution in [0.2, 0.25) is 0 Å². The molecule has 1 aliphatic heterocycles. The molecule has 0 saturated heterocycles. The lowest BCUT2D eigenvalue weighted by Gasteiger charge is -2.26. The second-order valence-electron chi connectivity index (χ2n) is 6.71. The highest BCUT2D eigenvalue weighted by Crippen LogP contribution is 2.38. The average molecular weight is 320 g/mol. The number of hydrazone groups is 1. The third kappa shape index (κ3) is 2.79. The Bertz CT molecular complexity index is 708. The van der Waals surface area contributed by atoms with Crippen molar-refractivity contribution in [2.45, 2.75) is 38.1 Å². The maximum Gasteiger partial charge on any atom is 0.118 e. The van der Waals surface area contributed by atoms with Crippen LogP contribution in [0.3, 0.4) is 0 Å². The van der Waals surface area contributed by atoms with Gasteiger partial charge in [-0.1, -0.05) is 37.5 Å². The molecule has 1 aliphatic carbocycles. The minimum atomic E-state index is 0.493. The molecule has 0 aromatic heterocycles. The molecule has 0 spiro atoms. The van der Waals surface area contributed by atoms with E-state index in [9.17, 15) is 0 Å². The van der Waals surface area contributed by atoms with Crippen LogP contribution in [0.4, 0.5) is 5.69 Å². The lowest BCUT2D eigenvalue weighted by atomic mass is 9.87. The van der Waals surface area contributed by atoms with E-state index in [1.165, 1.54) is 49.1 Å². The van der Waals surface area contributed by atoms with Gasteiger partial charge in [0.25, 0.3) is 0 Å². The third-order valence-corrected chi connectivity index (χ3v) is 5.27. The van der Waals surface area contributed by atoms with Gasteiger partial charge in [-0.2, -0.15) is 5.10 Å². The molecule has 0 bridgehead atoms. The van der Waals surface area contributed by atoms with Gasteiger partial charge in [-0.3, -0.25) is 5.01 Å². The van der Waals surface area contributed by atoms with Gasteiger partial charge in [-0.25, -0.2) is 0 Å². The smallest absolute Gasteiger partial charge is 0.118 e. The van der Waals surface area contributed by atoms with Crippen LogP contribution in [-0.2, 0) is 0 Å². The summed E-state index contributed by atoms with van der Waals surface area (Å²) in [6.07, 6.45) is 6.40. The number of fused-ring (bicyclic) bond motifs is 1. The Labute approximate surface area is 144 Å². The number of benzene rings is 2. The number of methoxy groups -OCH3 is 1.